The highest BCUT2D eigenvalue weighted by Gasteiger charge is 2.14. The molecule has 0 unspecified atom stereocenters. The van der Waals surface area contributed by atoms with E-state index >= 15 is 0 Å². The zero-order valence-electron chi connectivity index (χ0n) is 13.5. The normalized spacial score (nSPS) is 11.4. The molecule has 0 aromatic carbocycles. The van der Waals surface area contributed by atoms with Gasteiger partial charge in [-0.25, -0.2) is 0 Å². The van der Waals surface area contributed by atoms with Crippen molar-refractivity contribution < 1.29 is 0 Å². The second kappa shape index (κ2) is 6.90. The molecule has 8 nitrogen and oxygen atoms in total. The van der Waals surface area contributed by atoms with Crippen LogP contribution in [0.5, 0.6) is 0 Å². The quantitative estimate of drug-likeness (QED) is 0.553. The number of rotatable bonds is 6. The number of nitrogens with two attached hydrogens (primary N) is 1. The molecular formula is C15H16N8S2. The van der Waals surface area contributed by atoms with Gasteiger partial charge in [0.25, 0.3) is 0 Å². The number of hydrogen-bond donors (Lipinski definition) is 1. The van der Waals surface area contributed by atoms with Crippen molar-refractivity contribution in [2.45, 2.75) is 30.1 Å². The molecule has 0 atom stereocenters. The average Bonchev–Trinajstić information content (AvgIpc) is 3.34. The Morgan fingerprint density at radius 3 is 2.84 bits per heavy atom. The van der Waals surface area contributed by atoms with Crippen LogP contribution in [0.25, 0.3) is 17.0 Å². The Balaban J connectivity index is 1.70. The molecule has 0 spiro atoms. The lowest BCUT2D eigenvalue weighted by atomic mass is 10.3. The van der Waals surface area contributed by atoms with Crippen molar-refractivity contribution in [1.82, 2.24) is 34.6 Å². The first-order valence-electron chi connectivity index (χ1n) is 7.85. The van der Waals surface area contributed by atoms with Gasteiger partial charge < -0.3 is 10.3 Å². The minimum Gasteiger partial charge on any atom is -0.330 e. The molecule has 0 amide bonds. The molecule has 0 aliphatic carbocycles. The van der Waals surface area contributed by atoms with E-state index in [1.807, 2.05) is 29.0 Å². The second-order valence-electron chi connectivity index (χ2n) is 5.26. The lowest BCUT2D eigenvalue weighted by molar-refractivity contribution is 0.639. The summed E-state index contributed by atoms with van der Waals surface area (Å²) < 4.78 is 3.83. The van der Waals surface area contributed by atoms with Crippen molar-refractivity contribution >= 4 is 28.7 Å². The van der Waals surface area contributed by atoms with Crippen molar-refractivity contribution in [3.05, 3.63) is 34.8 Å². The molecule has 4 aromatic heterocycles. The van der Waals surface area contributed by atoms with E-state index in [2.05, 4.69) is 37.0 Å². The fraction of sp³-hybridized carbons (Fsp3) is 0.267. The van der Waals surface area contributed by atoms with Gasteiger partial charge >= 0.3 is 0 Å². The van der Waals surface area contributed by atoms with Crippen molar-refractivity contribution in [1.29, 1.82) is 0 Å². The molecule has 2 N–H and O–H groups in total. The van der Waals surface area contributed by atoms with Crippen molar-refractivity contribution in [2.24, 2.45) is 5.73 Å². The van der Waals surface area contributed by atoms with E-state index in [0.717, 1.165) is 33.9 Å². The van der Waals surface area contributed by atoms with E-state index in [4.69, 9.17) is 5.73 Å². The zero-order chi connectivity index (χ0) is 17.2. The summed E-state index contributed by atoms with van der Waals surface area (Å²) in [5, 5.41) is 27.3. The van der Waals surface area contributed by atoms with Gasteiger partial charge in [0, 0.05) is 23.9 Å². The Morgan fingerprint density at radius 2 is 2.08 bits per heavy atom. The molecule has 128 valence electrons. The maximum atomic E-state index is 5.64. The maximum absolute atomic E-state index is 5.64. The van der Waals surface area contributed by atoms with Gasteiger partial charge in [-0.1, -0.05) is 0 Å². The van der Waals surface area contributed by atoms with Gasteiger partial charge in [0.15, 0.2) is 16.6 Å². The molecule has 0 bridgehead atoms. The van der Waals surface area contributed by atoms with Crippen LogP contribution >= 0.6 is 23.1 Å². The summed E-state index contributed by atoms with van der Waals surface area (Å²) in [6.07, 6.45) is 0.710. The third-order valence-corrected chi connectivity index (χ3v) is 5.29. The van der Waals surface area contributed by atoms with E-state index in [-0.39, 0.29) is 0 Å². The Labute approximate surface area is 152 Å². The van der Waals surface area contributed by atoms with Gasteiger partial charge in [-0.2, -0.15) is 21.0 Å². The second-order valence-corrected chi connectivity index (χ2v) is 7.03. The molecular weight excluding hydrogens is 356 g/mol. The van der Waals surface area contributed by atoms with E-state index < -0.39 is 0 Å². The first-order chi connectivity index (χ1) is 12.3. The lowest BCUT2D eigenvalue weighted by Gasteiger charge is -2.06. The van der Waals surface area contributed by atoms with Crippen molar-refractivity contribution in [2.75, 3.05) is 6.54 Å². The van der Waals surface area contributed by atoms with Crippen LogP contribution in [0.1, 0.15) is 12.7 Å². The topological polar surface area (TPSA) is 99.8 Å². The smallest absolute Gasteiger partial charge is 0.197 e. The minimum absolute atomic E-state index is 0.553. The number of fused-ring (bicyclic) bond motifs is 1. The maximum Gasteiger partial charge on any atom is 0.197 e. The third kappa shape index (κ3) is 3.03. The fourth-order valence-electron chi connectivity index (χ4n) is 2.52. The fourth-order valence-corrected chi connectivity index (χ4v) is 4.02. The first kappa shape index (κ1) is 16.2. The molecule has 10 heteroatoms. The summed E-state index contributed by atoms with van der Waals surface area (Å²) in [5.74, 6) is 1.64. The largest absolute Gasteiger partial charge is 0.330 e. The SMILES string of the molecule is CCn1c(CCN)nnc1Sc1ccc2nnc(-c3ccsc3)n2n1. The Hall–Kier alpha value is -2.30. The summed E-state index contributed by atoms with van der Waals surface area (Å²) in [6, 6.07) is 5.84. The predicted molar refractivity (Wildman–Crippen MR) is 96.7 cm³/mol. The van der Waals surface area contributed by atoms with Crippen LogP contribution in [0.15, 0.2) is 39.1 Å². The standard InChI is InChI=1S/C15H16N8S2/c1-2-22-11(5-7-16)17-20-15(22)25-13-4-3-12-18-19-14(23(12)21-13)10-6-8-24-9-10/h3-4,6,8-9H,2,5,7,16H2,1H3. The van der Waals surface area contributed by atoms with Crippen LogP contribution in [0.2, 0.25) is 0 Å². The van der Waals surface area contributed by atoms with E-state index in [9.17, 15) is 0 Å². The Kier molecular flexibility index (Phi) is 4.47. The van der Waals surface area contributed by atoms with Gasteiger partial charge in [-0.3, -0.25) is 0 Å². The van der Waals surface area contributed by atoms with Gasteiger partial charge in [-0.15, -0.1) is 20.4 Å². The van der Waals surface area contributed by atoms with Gasteiger partial charge in [-0.05, 0) is 48.8 Å². The highest BCUT2D eigenvalue weighted by atomic mass is 32.2. The molecule has 4 heterocycles. The number of aromatic nitrogens is 7. The van der Waals surface area contributed by atoms with Crippen LogP contribution in [-0.2, 0) is 13.0 Å². The number of nitrogens with zero attached hydrogens (tertiary/aromatic N) is 7. The molecule has 4 aromatic rings. The van der Waals surface area contributed by atoms with E-state index in [1.54, 1.807) is 15.9 Å². The number of thiophene rings is 1. The van der Waals surface area contributed by atoms with Crippen LogP contribution in [0.4, 0.5) is 0 Å². The molecule has 0 fully saturated rings. The molecule has 0 aliphatic rings. The van der Waals surface area contributed by atoms with Crippen LogP contribution < -0.4 is 5.73 Å². The molecule has 0 aliphatic heterocycles. The lowest BCUT2D eigenvalue weighted by Crippen LogP contribution is -2.10. The average molecular weight is 372 g/mol. The monoisotopic (exact) mass is 372 g/mol. The minimum atomic E-state index is 0.553. The summed E-state index contributed by atoms with van der Waals surface area (Å²) >= 11 is 3.09. The molecule has 0 saturated carbocycles. The van der Waals surface area contributed by atoms with Crippen LogP contribution in [-0.4, -0.2) is 41.1 Å². The van der Waals surface area contributed by atoms with E-state index in [0.29, 0.717) is 18.6 Å². The third-order valence-electron chi connectivity index (χ3n) is 3.69. The number of hydrogen-bond acceptors (Lipinski definition) is 8. The highest BCUT2D eigenvalue weighted by Crippen LogP contribution is 2.27. The van der Waals surface area contributed by atoms with Gasteiger partial charge in [0.05, 0.1) is 0 Å². The summed E-state index contributed by atoms with van der Waals surface area (Å²) in [7, 11) is 0. The summed E-state index contributed by atoms with van der Waals surface area (Å²) in [5.41, 5.74) is 7.37. The van der Waals surface area contributed by atoms with Crippen molar-refractivity contribution in [3.8, 4) is 11.4 Å². The first-order valence-corrected chi connectivity index (χ1v) is 9.61. The van der Waals surface area contributed by atoms with Gasteiger partial charge in [0.2, 0.25) is 0 Å². The highest BCUT2D eigenvalue weighted by molar-refractivity contribution is 7.99. The summed E-state index contributed by atoms with van der Waals surface area (Å²) in [6.45, 7) is 3.41. The van der Waals surface area contributed by atoms with Crippen LogP contribution in [0, 0.1) is 0 Å². The molecule has 0 saturated heterocycles. The van der Waals surface area contributed by atoms with Crippen LogP contribution in [0.3, 0.4) is 0 Å². The Morgan fingerprint density at radius 1 is 1.16 bits per heavy atom. The predicted octanol–water partition coefficient (Wildman–Crippen LogP) is 2.12. The summed E-state index contributed by atoms with van der Waals surface area (Å²) in [4.78, 5) is 0. The Bertz CT molecular complexity index is 988. The van der Waals surface area contributed by atoms with E-state index in [1.165, 1.54) is 11.8 Å². The van der Waals surface area contributed by atoms with Crippen molar-refractivity contribution in [3.63, 3.8) is 0 Å². The molecule has 25 heavy (non-hydrogen) atoms. The molecule has 4 rings (SSSR count). The van der Waals surface area contributed by atoms with Gasteiger partial charge in [0.1, 0.15) is 10.9 Å². The molecule has 0 radical (unpaired) electrons. The zero-order valence-corrected chi connectivity index (χ0v) is 15.2.